The second-order valence-corrected chi connectivity index (χ2v) is 4.36. The first-order valence-corrected chi connectivity index (χ1v) is 5.24. The minimum Gasteiger partial charge on any atom is -0.363 e. The monoisotopic (exact) mass is 219 g/mol. The molecule has 2 aromatic heterocycles. The van der Waals surface area contributed by atoms with Gasteiger partial charge in [0.15, 0.2) is 5.65 Å². The summed E-state index contributed by atoms with van der Waals surface area (Å²) in [4.78, 5) is 16.2. The molecule has 0 saturated heterocycles. The second-order valence-electron chi connectivity index (χ2n) is 4.36. The van der Waals surface area contributed by atoms with E-state index in [1.807, 2.05) is 45.2 Å². The van der Waals surface area contributed by atoms with Crippen LogP contribution in [0.1, 0.15) is 5.82 Å². The van der Waals surface area contributed by atoms with Gasteiger partial charge in [0.2, 0.25) is 0 Å². The van der Waals surface area contributed by atoms with Crippen LogP contribution in [0.3, 0.4) is 0 Å². The third-order valence-corrected chi connectivity index (χ3v) is 2.30. The van der Waals surface area contributed by atoms with E-state index in [9.17, 15) is 0 Å². The maximum atomic E-state index is 4.47. The number of pyridine rings is 1. The van der Waals surface area contributed by atoms with Crippen molar-refractivity contribution in [1.82, 2.24) is 19.9 Å². The highest BCUT2D eigenvalue weighted by Gasteiger charge is 2.06. The lowest BCUT2D eigenvalue weighted by Crippen LogP contribution is -2.11. The van der Waals surface area contributed by atoms with Crippen LogP contribution < -0.4 is 4.90 Å². The molecule has 2 aromatic rings. The quantitative estimate of drug-likeness (QED) is 0.839. The molecule has 0 saturated carbocycles. The molecule has 16 heavy (non-hydrogen) atoms. The molecule has 0 aromatic carbocycles. The molecule has 2 rings (SSSR count). The molecule has 0 aliphatic heterocycles. The summed E-state index contributed by atoms with van der Waals surface area (Å²) < 4.78 is 0. The zero-order valence-corrected chi connectivity index (χ0v) is 10.2. The number of nitrogens with zero attached hydrogens (tertiary/aromatic N) is 4. The molecule has 0 atom stereocenters. The van der Waals surface area contributed by atoms with Crippen LogP contribution in [0.25, 0.3) is 11.2 Å². The van der Waals surface area contributed by atoms with Crippen molar-refractivity contribution in [3.8, 4) is 0 Å². The Bertz CT molecular complexity index is 486. The molecule has 0 spiro atoms. The first-order valence-electron chi connectivity index (χ1n) is 5.24. The van der Waals surface area contributed by atoms with Crippen LogP contribution >= 0.6 is 0 Å². The van der Waals surface area contributed by atoms with E-state index in [0.29, 0.717) is 0 Å². The van der Waals surface area contributed by atoms with Gasteiger partial charge in [-0.2, -0.15) is 0 Å². The molecular formula is C11H17N5. The predicted molar refractivity (Wildman–Crippen MR) is 65.6 cm³/mol. The Morgan fingerprint density at radius 1 is 1.12 bits per heavy atom. The van der Waals surface area contributed by atoms with Gasteiger partial charge in [0.1, 0.15) is 11.6 Å². The van der Waals surface area contributed by atoms with Gasteiger partial charge in [0.25, 0.3) is 0 Å². The van der Waals surface area contributed by atoms with E-state index in [1.54, 1.807) is 0 Å². The van der Waals surface area contributed by atoms with Gasteiger partial charge in [0, 0.05) is 14.1 Å². The van der Waals surface area contributed by atoms with Crippen molar-refractivity contribution in [2.24, 2.45) is 0 Å². The fourth-order valence-electron chi connectivity index (χ4n) is 1.56. The Kier molecular flexibility index (Phi) is 2.78. The highest BCUT2D eigenvalue weighted by atomic mass is 15.2. The van der Waals surface area contributed by atoms with Crippen LogP contribution in [0.2, 0.25) is 0 Å². The normalized spacial score (nSPS) is 11.3. The van der Waals surface area contributed by atoms with Gasteiger partial charge in [-0.1, -0.05) is 0 Å². The van der Waals surface area contributed by atoms with Gasteiger partial charge >= 0.3 is 0 Å². The Balaban J connectivity index is 2.38. The number of nitrogens with one attached hydrogen (secondary N) is 1. The lowest BCUT2D eigenvalue weighted by molar-refractivity contribution is 0.392. The van der Waals surface area contributed by atoms with E-state index >= 15 is 0 Å². The topological polar surface area (TPSA) is 48.1 Å². The lowest BCUT2D eigenvalue weighted by atomic mass is 10.4. The van der Waals surface area contributed by atoms with Crippen molar-refractivity contribution >= 4 is 17.0 Å². The molecule has 86 valence electrons. The number of hydrogen-bond donors (Lipinski definition) is 1. The Morgan fingerprint density at radius 3 is 2.50 bits per heavy atom. The number of fused-ring (bicyclic) bond motifs is 1. The van der Waals surface area contributed by atoms with Crippen LogP contribution in [-0.2, 0) is 6.54 Å². The molecule has 1 N–H and O–H groups in total. The van der Waals surface area contributed by atoms with E-state index in [2.05, 4.69) is 19.9 Å². The maximum absolute atomic E-state index is 4.47. The molecule has 2 heterocycles. The summed E-state index contributed by atoms with van der Waals surface area (Å²) in [5, 5.41) is 0. The zero-order valence-electron chi connectivity index (χ0n) is 10.2. The number of rotatable bonds is 3. The summed E-state index contributed by atoms with van der Waals surface area (Å²) in [6.07, 6.45) is 0. The molecule has 0 unspecified atom stereocenters. The third kappa shape index (κ3) is 2.14. The van der Waals surface area contributed by atoms with Crippen molar-refractivity contribution in [1.29, 1.82) is 0 Å². The Morgan fingerprint density at radius 2 is 1.88 bits per heavy atom. The second kappa shape index (κ2) is 4.09. The zero-order chi connectivity index (χ0) is 11.7. The third-order valence-electron chi connectivity index (χ3n) is 2.30. The standard InChI is InChI=1S/C11H17N5/c1-15(2)7-9-12-8-5-6-10(16(3)4)14-11(8)13-9/h5-6H,7H2,1-4H3,(H,12,13,14). The molecule has 0 radical (unpaired) electrons. The minimum absolute atomic E-state index is 0.781. The van der Waals surface area contributed by atoms with Crippen LogP contribution in [-0.4, -0.2) is 48.0 Å². The van der Waals surface area contributed by atoms with E-state index in [4.69, 9.17) is 0 Å². The Labute approximate surface area is 95.1 Å². The minimum atomic E-state index is 0.781. The Hall–Kier alpha value is -1.62. The fraction of sp³-hybridized carbons (Fsp3) is 0.455. The summed E-state index contributed by atoms with van der Waals surface area (Å²) in [6, 6.07) is 4.00. The molecule has 0 aliphatic rings. The number of aromatic amines is 1. The fourth-order valence-corrected chi connectivity index (χ4v) is 1.56. The molecular weight excluding hydrogens is 202 g/mol. The molecule has 0 amide bonds. The molecule has 0 fully saturated rings. The van der Waals surface area contributed by atoms with E-state index in [0.717, 1.165) is 29.4 Å². The first-order chi connectivity index (χ1) is 7.56. The number of H-pyrrole nitrogens is 1. The van der Waals surface area contributed by atoms with Crippen molar-refractivity contribution in [3.05, 3.63) is 18.0 Å². The van der Waals surface area contributed by atoms with Crippen molar-refractivity contribution in [2.75, 3.05) is 33.1 Å². The van der Waals surface area contributed by atoms with Crippen LogP contribution in [0, 0.1) is 0 Å². The average molecular weight is 219 g/mol. The molecule has 5 nitrogen and oxygen atoms in total. The van der Waals surface area contributed by atoms with Gasteiger partial charge < -0.3 is 14.8 Å². The van der Waals surface area contributed by atoms with Crippen LogP contribution in [0.5, 0.6) is 0 Å². The van der Waals surface area contributed by atoms with Crippen LogP contribution in [0.4, 0.5) is 5.82 Å². The van der Waals surface area contributed by atoms with Crippen molar-refractivity contribution in [3.63, 3.8) is 0 Å². The van der Waals surface area contributed by atoms with Gasteiger partial charge in [-0.25, -0.2) is 9.97 Å². The predicted octanol–water partition coefficient (Wildman–Crippen LogP) is 1.09. The largest absolute Gasteiger partial charge is 0.363 e. The lowest BCUT2D eigenvalue weighted by Gasteiger charge is -2.09. The van der Waals surface area contributed by atoms with E-state index in [1.165, 1.54) is 0 Å². The number of anilines is 1. The van der Waals surface area contributed by atoms with E-state index < -0.39 is 0 Å². The average Bonchev–Trinajstić information content (AvgIpc) is 2.56. The SMILES string of the molecule is CN(C)Cc1nc2nc(N(C)C)ccc2[nH]1. The van der Waals surface area contributed by atoms with E-state index in [-0.39, 0.29) is 0 Å². The summed E-state index contributed by atoms with van der Waals surface area (Å²) in [5.41, 5.74) is 1.77. The van der Waals surface area contributed by atoms with Gasteiger partial charge in [-0.15, -0.1) is 0 Å². The number of imidazole rings is 1. The van der Waals surface area contributed by atoms with Gasteiger partial charge in [-0.3, -0.25) is 0 Å². The summed E-state index contributed by atoms with van der Waals surface area (Å²) in [5.74, 6) is 1.87. The molecule has 5 heteroatoms. The van der Waals surface area contributed by atoms with Gasteiger partial charge in [0.05, 0.1) is 12.1 Å². The maximum Gasteiger partial charge on any atom is 0.179 e. The first kappa shape index (κ1) is 10.9. The smallest absolute Gasteiger partial charge is 0.179 e. The number of hydrogen-bond acceptors (Lipinski definition) is 4. The molecule has 0 bridgehead atoms. The summed E-state index contributed by atoms with van der Waals surface area (Å²) in [7, 11) is 7.99. The molecule has 0 aliphatic carbocycles. The number of aromatic nitrogens is 3. The van der Waals surface area contributed by atoms with Crippen molar-refractivity contribution in [2.45, 2.75) is 6.54 Å². The highest BCUT2D eigenvalue weighted by molar-refractivity contribution is 5.73. The van der Waals surface area contributed by atoms with Crippen LogP contribution in [0.15, 0.2) is 12.1 Å². The summed E-state index contributed by atoms with van der Waals surface area (Å²) >= 11 is 0. The highest BCUT2D eigenvalue weighted by Crippen LogP contribution is 2.14. The summed E-state index contributed by atoms with van der Waals surface area (Å²) in [6.45, 7) is 0.799. The van der Waals surface area contributed by atoms with Gasteiger partial charge in [-0.05, 0) is 26.2 Å². The van der Waals surface area contributed by atoms with Crippen molar-refractivity contribution < 1.29 is 0 Å².